The van der Waals surface area contributed by atoms with Crippen molar-refractivity contribution in [1.29, 1.82) is 0 Å². The maximum atomic E-state index is 10.9. The van der Waals surface area contributed by atoms with Gasteiger partial charge in [-0.1, -0.05) is 0 Å². The molecule has 1 amide bonds. The Bertz CT molecular complexity index is 130. The molecule has 0 rings (SSSR count). The number of amides is 1. The van der Waals surface area contributed by atoms with E-state index in [1.54, 1.807) is 0 Å². The monoisotopic (exact) mass is 246 g/mol. The van der Waals surface area contributed by atoms with E-state index >= 15 is 0 Å². The van der Waals surface area contributed by atoms with Crippen LogP contribution in [0.1, 0.15) is 13.8 Å². The van der Waals surface area contributed by atoms with Gasteiger partial charge >= 0.3 is 84.0 Å². The number of hydrogen-bond donors (Lipinski definition) is 2. The van der Waals surface area contributed by atoms with Crippen molar-refractivity contribution in [1.82, 2.24) is 3.71 Å². The second kappa shape index (κ2) is 6.15. The van der Waals surface area contributed by atoms with E-state index in [9.17, 15) is 4.79 Å². The third-order valence-corrected chi connectivity index (χ3v) is 7.99. The molecule has 0 fully saturated rings. The number of rotatable bonds is 3. The van der Waals surface area contributed by atoms with Crippen LogP contribution in [0.5, 0.6) is 0 Å². The molecule has 0 aliphatic heterocycles. The molecular formula is C5H12NO2S2Zn. The molecular weight excluding hydrogens is 236 g/mol. The molecule has 6 heteroatoms. The van der Waals surface area contributed by atoms with Gasteiger partial charge in [0.1, 0.15) is 0 Å². The molecule has 63 valence electrons. The Balaban J connectivity index is 3.72. The molecule has 0 aromatic carbocycles. The second-order valence-corrected chi connectivity index (χ2v) is 11.6. The van der Waals surface area contributed by atoms with Crippen LogP contribution in [-0.4, -0.2) is 9.80 Å². The molecule has 3 nitrogen and oxygen atoms in total. The van der Waals surface area contributed by atoms with E-state index in [1.807, 2.05) is 0 Å². The molecule has 0 unspecified atom stereocenters. The van der Waals surface area contributed by atoms with Gasteiger partial charge in [0.05, 0.1) is 0 Å². The van der Waals surface area contributed by atoms with Gasteiger partial charge in [-0.3, -0.25) is 0 Å². The first-order valence-corrected chi connectivity index (χ1v) is 9.94. The zero-order valence-electron chi connectivity index (χ0n) is 6.78. The van der Waals surface area contributed by atoms with E-state index in [4.69, 9.17) is 3.56 Å². The maximum absolute atomic E-state index is 10.9. The molecule has 11 heavy (non-hydrogen) atoms. The molecule has 0 heterocycles. The van der Waals surface area contributed by atoms with Gasteiger partial charge in [0.15, 0.2) is 0 Å². The van der Waals surface area contributed by atoms with Crippen molar-refractivity contribution in [2.75, 3.05) is 0 Å². The zero-order valence-corrected chi connectivity index (χ0v) is 11.5. The summed E-state index contributed by atoms with van der Waals surface area (Å²) in [5.41, 5.74) is 0. The predicted octanol–water partition coefficient (Wildman–Crippen LogP) is 2.52. The summed E-state index contributed by atoms with van der Waals surface area (Å²) in [5, 5.41) is 2.05. The van der Waals surface area contributed by atoms with Crippen LogP contribution < -0.4 is 0 Å². The van der Waals surface area contributed by atoms with Crippen LogP contribution in [0, 0.1) is 0 Å². The fourth-order valence-electron chi connectivity index (χ4n) is 0.790. The first-order valence-electron chi connectivity index (χ1n) is 3.73. The Morgan fingerprint density at radius 2 is 1.91 bits per heavy atom. The van der Waals surface area contributed by atoms with Crippen molar-refractivity contribution in [2.24, 2.45) is 0 Å². The first-order chi connectivity index (χ1) is 5.11. The Morgan fingerprint density at radius 3 is 2.18 bits per heavy atom. The summed E-state index contributed by atoms with van der Waals surface area (Å²) in [7, 11) is 0. The summed E-state index contributed by atoms with van der Waals surface area (Å²) >= 11 is 5.47. The standard InChI is InChI=1S/2C2H5.CH3NO2S2.Zn/c2*1-2;3-1(4)2(5)6;/h2*1H2,2H3;5-6H,(H,3,4);/q;;;+1/p-1. The third-order valence-electron chi connectivity index (χ3n) is 1.61. The average molecular weight is 248 g/mol. The summed E-state index contributed by atoms with van der Waals surface area (Å²) in [6, 6.07) is 0. The van der Waals surface area contributed by atoms with Crippen LogP contribution >= 0.6 is 25.6 Å². The fourth-order valence-corrected chi connectivity index (χ4v) is 4.71. The van der Waals surface area contributed by atoms with Gasteiger partial charge in [0, 0.05) is 0 Å². The van der Waals surface area contributed by atoms with E-state index in [-0.39, 0.29) is 0 Å². The van der Waals surface area contributed by atoms with Crippen LogP contribution in [0.15, 0.2) is 0 Å². The molecule has 0 bridgehead atoms. The molecule has 0 aromatic heterocycles. The Hall–Kier alpha value is 0.593. The molecule has 0 spiro atoms. The summed E-state index contributed by atoms with van der Waals surface area (Å²) in [6.07, 6.45) is -0.430. The van der Waals surface area contributed by atoms with E-state index in [0.717, 1.165) is 13.7 Å². The summed E-state index contributed by atoms with van der Waals surface area (Å²) in [4.78, 5) is 10.9. The second-order valence-electron chi connectivity index (χ2n) is 2.46. The van der Waals surface area contributed by atoms with E-state index in [0.29, 0.717) is 0 Å². The van der Waals surface area contributed by atoms with E-state index in [2.05, 4.69) is 39.5 Å². The van der Waals surface area contributed by atoms with Crippen LogP contribution in [0.2, 0.25) is 10.0 Å². The predicted molar refractivity (Wildman–Crippen MR) is 47.3 cm³/mol. The van der Waals surface area contributed by atoms with Crippen LogP contribution in [0.25, 0.3) is 0 Å². The van der Waals surface area contributed by atoms with Crippen molar-refractivity contribution in [3.63, 3.8) is 0 Å². The van der Waals surface area contributed by atoms with Crippen molar-refractivity contribution >= 4 is 31.7 Å². The van der Waals surface area contributed by atoms with Gasteiger partial charge in [-0.2, -0.15) is 0 Å². The number of carbonyl (C=O) groups is 1. The third kappa shape index (κ3) is 4.93. The van der Waals surface area contributed by atoms with Gasteiger partial charge in [0.25, 0.3) is 0 Å². The molecule has 0 saturated carbocycles. The summed E-state index contributed by atoms with van der Waals surface area (Å²) in [6.45, 7) is 4.11. The SMILES string of the molecule is C[CH2][Zn]([CH2]C)[O]C(=O)N(S)S. The average Bonchev–Trinajstić information content (AvgIpc) is 1.99. The minimum atomic E-state index is -1.93. The first kappa shape index (κ1) is 11.6. The number of thiol groups is 2. The minimum absolute atomic E-state index is 0.430. The van der Waals surface area contributed by atoms with Gasteiger partial charge < -0.3 is 0 Å². The molecule has 0 saturated heterocycles. The van der Waals surface area contributed by atoms with Crippen LogP contribution in [-0.2, 0) is 19.9 Å². The molecule has 0 aliphatic rings. The molecule has 0 N–H and O–H groups in total. The summed E-state index contributed by atoms with van der Waals surface area (Å²) < 4.78 is 6.04. The molecule has 0 aromatic rings. The molecule has 0 radical (unpaired) electrons. The van der Waals surface area contributed by atoms with Gasteiger partial charge in [-0.15, -0.1) is 0 Å². The molecule has 0 atom stereocenters. The van der Waals surface area contributed by atoms with Crippen molar-refractivity contribution < 1.29 is 24.7 Å². The fraction of sp³-hybridized carbons (Fsp3) is 0.800. The number of nitrogens with zero attached hydrogens (tertiary/aromatic N) is 1. The Morgan fingerprint density at radius 1 is 1.45 bits per heavy atom. The van der Waals surface area contributed by atoms with Gasteiger partial charge in [-0.05, 0) is 0 Å². The number of carbonyl (C=O) groups excluding carboxylic acids is 1. The normalized spacial score (nSPS) is 9.09. The topological polar surface area (TPSA) is 29.5 Å². The summed E-state index contributed by atoms with van der Waals surface area (Å²) in [5.74, 6) is 0. The Kier molecular flexibility index (Phi) is 6.48. The van der Waals surface area contributed by atoms with Crippen LogP contribution in [0.3, 0.4) is 0 Å². The van der Waals surface area contributed by atoms with E-state index < -0.39 is 22.4 Å². The van der Waals surface area contributed by atoms with Gasteiger partial charge in [0.2, 0.25) is 0 Å². The van der Waals surface area contributed by atoms with Gasteiger partial charge in [-0.25, -0.2) is 0 Å². The quantitative estimate of drug-likeness (QED) is 0.593. The zero-order chi connectivity index (χ0) is 8.85. The van der Waals surface area contributed by atoms with Crippen molar-refractivity contribution in [3.8, 4) is 0 Å². The number of hydrogen-bond acceptors (Lipinski definition) is 4. The van der Waals surface area contributed by atoms with E-state index in [1.165, 1.54) is 0 Å². The Labute approximate surface area is 83.9 Å². The van der Waals surface area contributed by atoms with Crippen molar-refractivity contribution in [3.05, 3.63) is 0 Å². The molecule has 0 aliphatic carbocycles. The van der Waals surface area contributed by atoms with Crippen LogP contribution in [0.4, 0.5) is 4.79 Å². The van der Waals surface area contributed by atoms with Crippen molar-refractivity contribution in [2.45, 2.75) is 23.9 Å².